The third-order valence-electron chi connectivity index (χ3n) is 4.20. The summed E-state index contributed by atoms with van der Waals surface area (Å²) in [6.07, 6.45) is 3.98. The Morgan fingerprint density at radius 1 is 1.38 bits per heavy atom. The number of carbonyl (C=O) groups excluding carboxylic acids is 1. The largest absolute Gasteiger partial charge is 0.392 e. The molecule has 2 rings (SSSR count). The first-order chi connectivity index (χ1) is 10.2. The highest BCUT2D eigenvalue weighted by Gasteiger charge is 2.24. The van der Waals surface area contributed by atoms with Gasteiger partial charge in [-0.1, -0.05) is 31.5 Å². The fraction of sp³-hybridized carbons (Fsp3) is 0.588. The number of benzene rings is 1. The lowest BCUT2D eigenvalue weighted by Crippen LogP contribution is -2.49. The fourth-order valence-electron chi connectivity index (χ4n) is 2.83. The Kier molecular flexibility index (Phi) is 6.21. The number of piperidine rings is 1. The van der Waals surface area contributed by atoms with Crippen molar-refractivity contribution in [3.8, 4) is 0 Å². The van der Waals surface area contributed by atoms with Gasteiger partial charge in [0.05, 0.1) is 6.10 Å². The van der Waals surface area contributed by atoms with Gasteiger partial charge < -0.3 is 10.4 Å². The van der Waals surface area contributed by atoms with E-state index in [-0.39, 0.29) is 12.0 Å². The summed E-state index contributed by atoms with van der Waals surface area (Å²) >= 11 is 0. The second-order valence-electron chi connectivity index (χ2n) is 5.78. The van der Waals surface area contributed by atoms with Crippen LogP contribution in [-0.2, 0) is 0 Å². The third kappa shape index (κ3) is 4.83. The Hall–Kier alpha value is -1.39. The second kappa shape index (κ2) is 8.15. The highest BCUT2D eigenvalue weighted by Crippen LogP contribution is 2.17. The Bertz CT molecular complexity index is 436. The van der Waals surface area contributed by atoms with Crippen molar-refractivity contribution in [3.63, 3.8) is 0 Å². The number of β-amino-alcohol motifs (C(OH)–C–C–N with tert-alkyl or cyclic N) is 1. The van der Waals surface area contributed by atoms with Crippen molar-refractivity contribution in [2.75, 3.05) is 19.6 Å². The number of amides is 1. The molecule has 116 valence electrons. The first-order valence-electron chi connectivity index (χ1n) is 7.96. The van der Waals surface area contributed by atoms with E-state index in [2.05, 4.69) is 10.2 Å². The van der Waals surface area contributed by atoms with Crippen LogP contribution in [0.3, 0.4) is 0 Å². The number of aliphatic hydroxyl groups is 1. The molecule has 0 aromatic heterocycles. The molecule has 4 nitrogen and oxygen atoms in total. The summed E-state index contributed by atoms with van der Waals surface area (Å²) < 4.78 is 0. The van der Waals surface area contributed by atoms with Gasteiger partial charge in [0, 0.05) is 24.7 Å². The van der Waals surface area contributed by atoms with E-state index in [0.29, 0.717) is 24.7 Å². The van der Waals surface area contributed by atoms with Crippen LogP contribution in [0.4, 0.5) is 0 Å². The molecule has 0 bridgehead atoms. The van der Waals surface area contributed by atoms with E-state index in [0.717, 1.165) is 19.4 Å². The van der Waals surface area contributed by atoms with Gasteiger partial charge in [0.25, 0.3) is 5.91 Å². The number of carbonyl (C=O) groups is 1. The van der Waals surface area contributed by atoms with Crippen molar-refractivity contribution < 1.29 is 9.90 Å². The summed E-state index contributed by atoms with van der Waals surface area (Å²) in [7, 11) is 0. The maximum Gasteiger partial charge on any atom is 0.251 e. The van der Waals surface area contributed by atoms with Gasteiger partial charge in [-0.2, -0.15) is 0 Å². The lowest BCUT2D eigenvalue weighted by Gasteiger charge is -2.36. The molecule has 1 aliphatic rings. The van der Waals surface area contributed by atoms with Gasteiger partial charge >= 0.3 is 0 Å². The van der Waals surface area contributed by atoms with Crippen molar-refractivity contribution in [1.82, 2.24) is 10.2 Å². The molecule has 1 aromatic rings. The molecule has 0 radical (unpaired) electrons. The Labute approximate surface area is 127 Å². The molecule has 1 aromatic carbocycles. The van der Waals surface area contributed by atoms with Crippen LogP contribution >= 0.6 is 0 Å². The normalized spacial score (nSPS) is 21.0. The van der Waals surface area contributed by atoms with E-state index in [4.69, 9.17) is 0 Å². The molecule has 2 atom stereocenters. The monoisotopic (exact) mass is 290 g/mol. The summed E-state index contributed by atoms with van der Waals surface area (Å²) in [5.41, 5.74) is 0.702. The standard InChI is InChI=1S/C17H26N2O2/c1-2-16(20)13-19-11-7-6-10-15(19)12-18-17(21)14-8-4-3-5-9-14/h3-5,8-9,15-16,20H,2,6-7,10-13H2,1H3,(H,18,21). The van der Waals surface area contributed by atoms with Gasteiger partial charge in [-0.25, -0.2) is 0 Å². The topological polar surface area (TPSA) is 52.6 Å². The van der Waals surface area contributed by atoms with Crippen LogP contribution in [-0.4, -0.2) is 47.7 Å². The molecule has 4 heteroatoms. The minimum Gasteiger partial charge on any atom is -0.392 e. The lowest BCUT2D eigenvalue weighted by atomic mass is 10.0. The number of nitrogens with one attached hydrogen (secondary N) is 1. The van der Waals surface area contributed by atoms with Crippen molar-refractivity contribution in [2.45, 2.75) is 44.8 Å². The van der Waals surface area contributed by atoms with E-state index in [1.54, 1.807) is 0 Å². The third-order valence-corrected chi connectivity index (χ3v) is 4.20. The lowest BCUT2D eigenvalue weighted by molar-refractivity contribution is 0.0633. The van der Waals surface area contributed by atoms with Gasteiger partial charge in [-0.3, -0.25) is 9.69 Å². The predicted octanol–water partition coefficient (Wildman–Crippen LogP) is 2.04. The van der Waals surface area contributed by atoms with Gasteiger partial charge in [0.2, 0.25) is 0 Å². The SMILES string of the molecule is CCC(O)CN1CCCCC1CNC(=O)c1ccccc1. The van der Waals surface area contributed by atoms with Crippen molar-refractivity contribution in [3.05, 3.63) is 35.9 Å². The number of hydrogen-bond acceptors (Lipinski definition) is 3. The Morgan fingerprint density at radius 3 is 2.86 bits per heavy atom. The summed E-state index contributed by atoms with van der Waals surface area (Å²) in [4.78, 5) is 14.4. The molecule has 0 saturated carbocycles. The van der Waals surface area contributed by atoms with Crippen LogP contribution in [0.15, 0.2) is 30.3 Å². The average molecular weight is 290 g/mol. The van der Waals surface area contributed by atoms with E-state index in [9.17, 15) is 9.90 Å². The van der Waals surface area contributed by atoms with Crippen molar-refractivity contribution in [1.29, 1.82) is 0 Å². The zero-order valence-corrected chi connectivity index (χ0v) is 12.8. The molecule has 0 spiro atoms. The summed E-state index contributed by atoms with van der Waals surface area (Å²) in [5.74, 6) is -0.0165. The molecular formula is C17H26N2O2. The Balaban J connectivity index is 1.86. The summed E-state index contributed by atoms with van der Waals surface area (Å²) in [5, 5.41) is 12.9. The molecule has 1 aliphatic heterocycles. The quantitative estimate of drug-likeness (QED) is 0.843. The zero-order valence-electron chi connectivity index (χ0n) is 12.8. The minimum atomic E-state index is -0.268. The number of hydrogen-bond donors (Lipinski definition) is 2. The van der Waals surface area contributed by atoms with Crippen LogP contribution in [0.25, 0.3) is 0 Å². The molecule has 0 aliphatic carbocycles. The van der Waals surface area contributed by atoms with E-state index >= 15 is 0 Å². The summed E-state index contributed by atoms with van der Waals surface area (Å²) in [6.45, 7) is 4.39. The number of nitrogens with zero attached hydrogens (tertiary/aromatic N) is 1. The molecule has 21 heavy (non-hydrogen) atoms. The molecule has 1 heterocycles. The molecule has 2 N–H and O–H groups in total. The van der Waals surface area contributed by atoms with Crippen molar-refractivity contribution >= 4 is 5.91 Å². The van der Waals surface area contributed by atoms with E-state index in [1.807, 2.05) is 37.3 Å². The van der Waals surface area contributed by atoms with E-state index in [1.165, 1.54) is 12.8 Å². The van der Waals surface area contributed by atoms with Crippen LogP contribution in [0, 0.1) is 0 Å². The Morgan fingerprint density at radius 2 is 2.14 bits per heavy atom. The predicted molar refractivity (Wildman–Crippen MR) is 84.3 cm³/mol. The highest BCUT2D eigenvalue weighted by atomic mass is 16.3. The molecule has 1 saturated heterocycles. The number of aliphatic hydroxyl groups excluding tert-OH is 1. The van der Waals surface area contributed by atoms with Gasteiger partial charge in [0.1, 0.15) is 0 Å². The first-order valence-corrected chi connectivity index (χ1v) is 7.96. The van der Waals surface area contributed by atoms with Crippen LogP contribution in [0.2, 0.25) is 0 Å². The van der Waals surface area contributed by atoms with Crippen molar-refractivity contribution in [2.24, 2.45) is 0 Å². The minimum absolute atomic E-state index is 0.0165. The maximum absolute atomic E-state index is 12.1. The van der Waals surface area contributed by atoms with Crippen LogP contribution < -0.4 is 5.32 Å². The number of likely N-dealkylation sites (tertiary alicyclic amines) is 1. The van der Waals surface area contributed by atoms with E-state index < -0.39 is 0 Å². The van der Waals surface area contributed by atoms with Crippen LogP contribution in [0.1, 0.15) is 43.0 Å². The first kappa shape index (κ1) is 16.0. The van der Waals surface area contributed by atoms with Gasteiger partial charge in [0.15, 0.2) is 0 Å². The molecular weight excluding hydrogens is 264 g/mol. The van der Waals surface area contributed by atoms with Gasteiger partial charge in [-0.15, -0.1) is 0 Å². The second-order valence-corrected chi connectivity index (χ2v) is 5.78. The number of rotatable bonds is 6. The van der Waals surface area contributed by atoms with Crippen LogP contribution in [0.5, 0.6) is 0 Å². The average Bonchev–Trinajstić information content (AvgIpc) is 2.54. The zero-order chi connectivity index (χ0) is 15.1. The summed E-state index contributed by atoms with van der Waals surface area (Å²) in [6, 6.07) is 9.65. The fourth-order valence-corrected chi connectivity index (χ4v) is 2.83. The maximum atomic E-state index is 12.1. The highest BCUT2D eigenvalue weighted by molar-refractivity contribution is 5.94. The van der Waals surface area contributed by atoms with Gasteiger partial charge in [-0.05, 0) is 37.9 Å². The molecule has 2 unspecified atom stereocenters. The molecule has 1 fully saturated rings. The molecule has 1 amide bonds. The smallest absolute Gasteiger partial charge is 0.251 e.